The molecule has 4 heteroatoms. The lowest BCUT2D eigenvalue weighted by Crippen LogP contribution is -2.26. The van der Waals surface area contributed by atoms with Crippen LogP contribution in [0.4, 0.5) is 0 Å². The summed E-state index contributed by atoms with van der Waals surface area (Å²) in [4.78, 5) is 12.7. The van der Waals surface area contributed by atoms with Crippen LogP contribution in [0, 0.1) is 0 Å². The van der Waals surface area contributed by atoms with E-state index >= 15 is 0 Å². The molecule has 0 heterocycles. The maximum Gasteiger partial charge on any atom is 0.252 e. The molecule has 0 aromatic heterocycles. The van der Waals surface area contributed by atoms with Gasteiger partial charge in [0.2, 0.25) is 0 Å². The maximum atomic E-state index is 12.7. The Morgan fingerprint density at radius 3 is 2.24 bits per heavy atom. The predicted molar refractivity (Wildman–Crippen MR) is 99.4 cm³/mol. The molecule has 0 aliphatic carbocycles. The lowest BCUT2D eigenvalue weighted by atomic mass is 9.99. The van der Waals surface area contributed by atoms with Gasteiger partial charge in [-0.2, -0.15) is 0 Å². The third-order valence-electron chi connectivity index (χ3n) is 4.25. The lowest BCUT2D eigenvalue weighted by molar-refractivity contribution is 0.0939. The van der Waals surface area contributed by atoms with Gasteiger partial charge in [0.1, 0.15) is 11.5 Å². The van der Waals surface area contributed by atoms with Crippen LogP contribution < -0.4 is 14.8 Å². The molecule has 1 N–H and O–H groups in total. The van der Waals surface area contributed by atoms with Gasteiger partial charge in [-0.05, 0) is 35.4 Å². The quantitative estimate of drug-likeness (QED) is 0.754. The minimum absolute atomic E-state index is 0.129. The average Bonchev–Trinajstić information content (AvgIpc) is 2.66. The van der Waals surface area contributed by atoms with E-state index < -0.39 is 0 Å². The molecule has 128 valence electrons. The van der Waals surface area contributed by atoms with Gasteiger partial charge in [0.05, 0.1) is 20.3 Å². The van der Waals surface area contributed by atoms with Crippen LogP contribution in [0.3, 0.4) is 0 Å². The topological polar surface area (TPSA) is 47.6 Å². The summed E-state index contributed by atoms with van der Waals surface area (Å²) in [6.45, 7) is 1.98. The van der Waals surface area contributed by atoms with Crippen molar-refractivity contribution in [3.8, 4) is 11.5 Å². The van der Waals surface area contributed by atoms with Gasteiger partial charge in [0.25, 0.3) is 5.91 Å². The lowest BCUT2D eigenvalue weighted by Gasteiger charge is -2.17. The summed E-state index contributed by atoms with van der Waals surface area (Å²) >= 11 is 0. The predicted octanol–water partition coefficient (Wildman–Crippen LogP) is 4.35. The molecule has 0 radical (unpaired) electrons. The molecule has 25 heavy (non-hydrogen) atoms. The summed E-state index contributed by atoms with van der Waals surface area (Å²) in [6, 6.07) is 19.3. The first-order chi connectivity index (χ1) is 12.1. The molecule has 0 aliphatic heterocycles. The first kappa shape index (κ1) is 16.8. The van der Waals surface area contributed by atoms with E-state index in [0.717, 1.165) is 16.3 Å². The van der Waals surface area contributed by atoms with Crippen LogP contribution in [-0.2, 0) is 0 Å². The molecule has 0 aliphatic rings. The van der Waals surface area contributed by atoms with E-state index in [0.29, 0.717) is 17.1 Å². The number of hydrogen-bond acceptors (Lipinski definition) is 3. The Hall–Kier alpha value is -3.01. The number of carbonyl (C=O) groups excluding carboxylic acids is 1. The molecular formula is C21H21NO3. The molecule has 0 spiro atoms. The fraction of sp³-hybridized carbons (Fsp3) is 0.190. The molecule has 0 bridgehead atoms. The molecule has 1 atom stereocenters. The first-order valence-corrected chi connectivity index (χ1v) is 8.14. The number of ether oxygens (including phenoxy) is 2. The molecule has 3 aromatic carbocycles. The van der Waals surface area contributed by atoms with Gasteiger partial charge in [-0.25, -0.2) is 0 Å². The van der Waals surface area contributed by atoms with Gasteiger partial charge in [0.15, 0.2) is 0 Å². The van der Waals surface area contributed by atoms with E-state index in [1.54, 1.807) is 32.4 Å². The van der Waals surface area contributed by atoms with Crippen molar-refractivity contribution in [1.29, 1.82) is 0 Å². The molecule has 1 unspecified atom stereocenters. The minimum atomic E-state index is -0.169. The van der Waals surface area contributed by atoms with Gasteiger partial charge >= 0.3 is 0 Å². The van der Waals surface area contributed by atoms with E-state index in [1.165, 1.54) is 0 Å². The standard InChI is InChI=1S/C21H21NO3/c1-14(19-10-6-8-15-7-4-5-9-20(15)19)22-21(23)16-11-17(24-2)13-18(12-16)25-3/h4-14H,1-3H3,(H,22,23). The summed E-state index contributed by atoms with van der Waals surface area (Å²) in [6.07, 6.45) is 0. The smallest absolute Gasteiger partial charge is 0.252 e. The molecule has 3 rings (SSSR count). The molecular weight excluding hydrogens is 314 g/mol. The van der Waals surface area contributed by atoms with Gasteiger partial charge in [-0.15, -0.1) is 0 Å². The van der Waals surface area contributed by atoms with Gasteiger partial charge in [0, 0.05) is 11.6 Å². The van der Waals surface area contributed by atoms with Crippen LogP contribution in [0.5, 0.6) is 11.5 Å². The highest BCUT2D eigenvalue weighted by Crippen LogP contribution is 2.26. The monoisotopic (exact) mass is 335 g/mol. The summed E-state index contributed by atoms with van der Waals surface area (Å²) in [5.74, 6) is 1.00. The van der Waals surface area contributed by atoms with Crippen LogP contribution in [0.25, 0.3) is 10.8 Å². The number of benzene rings is 3. The SMILES string of the molecule is COc1cc(OC)cc(C(=O)NC(C)c2cccc3ccccc23)c1. The Morgan fingerprint density at radius 2 is 1.56 bits per heavy atom. The van der Waals surface area contributed by atoms with Crippen LogP contribution in [-0.4, -0.2) is 20.1 Å². The van der Waals surface area contributed by atoms with Gasteiger partial charge < -0.3 is 14.8 Å². The zero-order valence-electron chi connectivity index (χ0n) is 14.6. The number of rotatable bonds is 5. The molecule has 0 fully saturated rings. The normalized spacial score (nSPS) is 11.8. The van der Waals surface area contributed by atoms with Crippen molar-refractivity contribution in [3.63, 3.8) is 0 Å². The fourth-order valence-electron chi connectivity index (χ4n) is 2.92. The van der Waals surface area contributed by atoms with Crippen molar-refractivity contribution < 1.29 is 14.3 Å². The minimum Gasteiger partial charge on any atom is -0.497 e. The van der Waals surface area contributed by atoms with Crippen LogP contribution >= 0.6 is 0 Å². The fourth-order valence-corrected chi connectivity index (χ4v) is 2.92. The van der Waals surface area contributed by atoms with Crippen LogP contribution in [0.1, 0.15) is 28.9 Å². The number of amides is 1. The third kappa shape index (κ3) is 3.58. The van der Waals surface area contributed by atoms with E-state index in [9.17, 15) is 4.79 Å². The van der Waals surface area contributed by atoms with Crippen molar-refractivity contribution in [3.05, 3.63) is 71.8 Å². The van der Waals surface area contributed by atoms with Crippen molar-refractivity contribution >= 4 is 16.7 Å². The molecule has 0 saturated carbocycles. The number of nitrogens with one attached hydrogen (secondary N) is 1. The Morgan fingerprint density at radius 1 is 0.920 bits per heavy atom. The van der Waals surface area contributed by atoms with E-state index in [-0.39, 0.29) is 11.9 Å². The molecule has 4 nitrogen and oxygen atoms in total. The van der Waals surface area contributed by atoms with Crippen molar-refractivity contribution in [2.24, 2.45) is 0 Å². The summed E-state index contributed by atoms with van der Waals surface area (Å²) in [7, 11) is 3.13. The highest BCUT2D eigenvalue weighted by molar-refractivity contribution is 5.96. The molecule has 0 saturated heterocycles. The zero-order chi connectivity index (χ0) is 17.8. The Bertz CT molecular complexity index is 877. The molecule has 1 amide bonds. The van der Waals surface area contributed by atoms with Crippen molar-refractivity contribution in [2.45, 2.75) is 13.0 Å². The highest BCUT2D eigenvalue weighted by Gasteiger charge is 2.15. The number of hydrogen-bond donors (Lipinski definition) is 1. The summed E-state index contributed by atoms with van der Waals surface area (Å²) in [5.41, 5.74) is 1.59. The average molecular weight is 335 g/mol. The molecule has 3 aromatic rings. The Kier molecular flexibility index (Phi) is 4.89. The highest BCUT2D eigenvalue weighted by atomic mass is 16.5. The summed E-state index contributed by atoms with van der Waals surface area (Å²) < 4.78 is 10.5. The second-order valence-corrected chi connectivity index (χ2v) is 5.86. The van der Waals surface area contributed by atoms with Crippen molar-refractivity contribution in [2.75, 3.05) is 14.2 Å². The largest absolute Gasteiger partial charge is 0.497 e. The first-order valence-electron chi connectivity index (χ1n) is 8.14. The van der Waals surface area contributed by atoms with Gasteiger partial charge in [-0.1, -0.05) is 42.5 Å². The second kappa shape index (κ2) is 7.26. The number of carbonyl (C=O) groups is 1. The van der Waals surface area contributed by atoms with E-state index in [2.05, 4.69) is 23.5 Å². The summed E-state index contributed by atoms with van der Waals surface area (Å²) in [5, 5.41) is 5.35. The van der Waals surface area contributed by atoms with Crippen molar-refractivity contribution in [1.82, 2.24) is 5.32 Å². The maximum absolute atomic E-state index is 12.7. The Balaban J connectivity index is 1.87. The van der Waals surface area contributed by atoms with Crippen LogP contribution in [0.15, 0.2) is 60.7 Å². The number of fused-ring (bicyclic) bond motifs is 1. The van der Waals surface area contributed by atoms with Crippen LogP contribution in [0.2, 0.25) is 0 Å². The van der Waals surface area contributed by atoms with E-state index in [4.69, 9.17) is 9.47 Å². The second-order valence-electron chi connectivity index (χ2n) is 5.86. The Labute approximate surface area is 147 Å². The third-order valence-corrected chi connectivity index (χ3v) is 4.25. The number of methoxy groups -OCH3 is 2. The zero-order valence-corrected chi connectivity index (χ0v) is 14.6. The van der Waals surface area contributed by atoms with E-state index in [1.807, 2.05) is 31.2 Å². The van der Waals surface area contributed by atoms with Gasteiger partial charge in [-0.3, -0.25) is 4.79 Å².